The van der Waals surface area contributed by atoms with Gasteiger partial charge in [0, 0.05) is 32.9 Å². The Morgan fingerprint density at radius 3 is 2.39 bits per heavy atom. The molecular weight excluding hydrogens is 472 g/mol. The van der Waals surface area contributed by atoms with Crippen LogP contribution in [0.5, 0.6) is 0 Å². The zero-order valence-corrected chi connectivity index (χ0v) is 23.8. The second-order valence-electron chi connectivity index (χ2n) is 8.88. The maximum atomic E-state index is 13.1. The molecule has 7 heteroatoms. The summed E-state index contributed by atoms with van der Waals surface area (Å²) < 4.78 is 4.25. The second-order valence-corrected chi connectivity index (χ2v) is 9.86. The molecule has 1 fully saturated rings. The molecule has 1 heterocycles. The largest absolute Gasteiger partial charge is 0.480 e. The standard InChI is InChI=1S/C25H32N2O3S.C2H6O.C2H6/c1-17-10-12-27(15-17)16-19-8-9-21(22(14-19)20-7-5-4-6-18(20)2)24(28)26-23(25(29)30)11-13-31-3;1-3-2;1-2/h4-9,14,17,23H,10-13,15-16H2,1-3H3,(H,26,28)(H,29,30);1-2H3;1-2H3. The number of carbonyl (C=O) groups is 2. The number of likely N-dealkylation sites (tertiary alicyclic amines) is 1. The normalized spacial score (nSPS) is 15.7. The van der Waals surface area contributed by atoms with Gasteiger partial charge in [-0.1, -0.05) is 51.1 Å². The van der Waals surface area contributed by atoms with Crippen LogP contribution < -0.4 is 5.32 Å². The van der Waals surface area contributed by atoms with E-state index in [1.807, 2.05) is 63.4 Å². The number of carbonyl (C=O) groups excluding carboxylic acids is 1. The van der Waals surface area contributed by atoms with E-state index in [2.05, 4.69) is 27.9 Å². The summed E-state index contributed by atoms with van der Waals surface area (Å²) in [4.78, 5) is 27.2. The van der Waals surface area contributed by atoms with E-state index in [0.717, 1.165) is 42.2 Å². The molecule has 0 aliphatic carbocycles. The summed E-state index contributed by atoms with van der Waals surface area (Å²) >= 11 is 1.57. The molecule has 3 rings (SSSR count). The van der Waals surface area contributed by atoms with Crippen molar-refractivity contribution >= 4 is 23.6 Å². The molecule has 1 aliphatic rings. The molecule has 1 aliphatic heterocycles. The van der Waals surface area contributed by atoms with Crippen molar-refractivity contribution in [2.75, 3.05) is 39.3 Å². The SMILES string of the molecule is CC.COC.CSCCC(NC(=O)c1ccc(CN2CCC(C)C2)cc1-c1ccccc1C)C(=O)O. The summed E-state index contributed by atoms with van der Waals surface area (Å²) in [7, 11) is 3.25. The van der Waals surface area contributed by atoms with Crippen molar-refractivity contribution in [2.45, 2.75) is 53.1 Å². The number of thioether (sulfide) groups is 1. The minimum atomic E-state index is -1.00. The third kappa shape index (κ3) is 9.96. The van der Waals surface area contributed by atoms with Gasteiger partial charge in [0.15, 0.2) is 0 Å². The number of carboxylic acid groups (broad SMARTS) is 1. The van der Waals surface area contributed by atoms with E-state index >= 15 is 0 Å². The van der Waals surface area contributed by atoms with Gasteiger partial charge in [0.2, 0.25) is 0 Å². The number of rotatable bonds is 9. The first-order valence-corrected chi connectivity index (χ1v) is 14.0. The smallest absolute Gasteiger partial charge is 0.326 e. The molecule has 0 spiro atoms. The molecule has 0 bridgehead atoms. The van der Waals surface area contributed by atoms with Gasteiger partial charge >= 0.3 is 5.97 Å². The molecule has 36 heavy (non-hydrogen) atoms. The van der Waals surface area contributed by atoms with Crippen molar-refractivity contribution in [2.24, 2.45) is 5.92 Å². The zero-order chi connectivity index (χ0) is 27.1. The van der Waals surface area contributed by atoms with E-state index in [1.165, 1.54) is 12.0 Å². The number of hydrogen-bond donors (Lipinski definition) is 2. The molecule has 0 radical (unpaired) electrons. The number of nitrogens with one attached hydrogen (secondary N) is 1. The number of aliphatic carboxylic acids is 1. The highest BCUT2D eigenvalue weighted by Crippen LogP contribution is 2.29. The summed E-state index contributed by atoms with van der Waals surface area (Å²) in [5.74, 6) is 0.0533. The van der Waals surface area contributed by atoms with Gasteiger partial charge in [0.1, 0.15) is 6.04 Å². The predicted octanol–water partition coefficient (Wildman–Crippen LogP) is 5.73. The van der Waals surface area contributed by atoms with Gasteiger partial charge in [-0.3, -0.25) is 9.69 Å². The highest BCUT2D eigenvalue weighted by Gasteiger charge is 2.23. The minimum Gasteiger partial charge on any atom is -0.480 e. The van der Waals surface area contributed by atoms with Gasteiger partial charge < -0.3 is 15.2 Å². The summed E-state index contributed by atoms with van der Waals surface area (Å²) in [6.07, 6.45) is 3.54. The van der Waals surface area contributed by atoms with Crippen molar-refractivity contribution < 1.29 is 19.4 Å². The third-order valence-electron chi connectivity index (χ3n) is 5.89. The Bertz CT molecular complexity index is 951. The van der Waals surface area contributed by atoms with Crippen LogP contribution in [0.1, 0.15) is 55.1 Å². The van der Waals surface area contributed by atoms with Gasteiger partial charge in [-0.15, -0.1) is 0 Å². The number of ether oxygens (including phenoxy) is 1. The van der Waals surface area contributed by atoms with E-state index < -0.39 is 12.0 Å². The molecule has 2 N–H and O–H groups in total. The summed E-state index contributed by atoms with van der Waals surface area (Å²) in [5, 5.41) is 12.3. The van der Waals surface area contributed by atoms with Gasteiger partial charge in [-0.05, 0) is 78.6 Å². The molecule has 1 saturated heterocycles. The topological polar surface area (TPSA) is 78.9 Å². The number of hydrogen-bond acceptors (Lipinski definition) is 5. The van der Waals surface area contributed by atoms with E-state index in [0.29, 0.717) is 17.7 Å². The Morgan fingerprint density at radius 1 is 1.17 bits per heavy atom. The maximum Gasteiger partial charge on any atom is 0.326 e. The molecule has 0 saturated carbocycles. The van der Waals surface area contributed by atoms with Crippen molar-refractivity contribution in [1.29, 1.82) is 0 Å². The second kappa shape index (κ2) is 17.2. The molecule has 2 atom stereocenters. The molecule has 2 unspecified atom stereocenters. The van der Waals surface area contributed by atoms with Gasteiger partial charge in [-0.25, -0.2) is 4.79 Å². The molecule has 6 nitrogen and oxygen atoms in total. The first-order valence-electron chi connectivity index (χ1n) is 12.6. The van der Waals surface area contributed by atoms with Crippen LogP contribution in [0.15, 0.2) is 42.5 Å². The van der Waals surface area contributed by atoms with Crippen LogP contribution in [-0.4, -0.2) is 67.2 Å². The Morgan fingerprint density at radius 2 is 1.83 bits per heavy atom. The fourth-order valence-corrected chi connectivity index (χ4v) is 4.61. The highest BCUT2D eigenvalue weighted by atomic mass is 32.2. The number of amides is 1. The predicted molar refractivity (Wildman–Crippen MR) is 152 cm³/mol. The van der Waals surface area contributed by atoms with Crippen molar-refractivity contribution in [1.82, 2.24) is 10.2 Å². The number of aryl methyl sites for hydroxylation is 1. The van der Waals surface area contributed by atoms with Crippen LogP contribution in [0, 0.1) is 12.8 Å². The summed E-state index contributed by atoms with van der Waals surface area (Å²) in [5.41, 5.74) is 4.62. The molecule has 2 aromatic rings. The number of carboxylic acids is 1. The van der Waals surface area contributed by atoms with Crippen LogP contribution in [0.3, 0.4) is 0 Å². The molecule has 0 aromatic heterocycles. The lowest BCUT2D eigenvalue weighted by molar-refractivity contribution is -0.139. The van der Waals surface area contributed by atoms with Crippen molar-refractivity contribution in [3.63, 3.8) is 0 Å². The van der Waals surface area contributed by atoms with Gasteiger partial charge in [0.05, 0.1) is 0 Å². The summed E-state index contributed by atoms with van der Waals surface area (Å²) in [6.45, 7) is 11.4. The third-order valence-corrected chi connectivity index (χ3v) is 6.54. The van der Waals surface area contributed by atoms with Crippen LogP contribution in [-0.2, 0) is 16.1 Å². The Hall–Kier alpha value is -2.35. The number of nitrogens with zero attached hydrogens (tertiary/aromatic N) is 1. The first kappa shape index (κ1) is 31.7. The fraction of sp³-hybridized carbons (Fsp3) is 0.517. The van der Waals surface area contributed by atoms with Crippen LogP contribution in [0.2, 0.25) is 0 Å². The van der Waals surface area contributed by atoms with E-state index in [-0.39, 0.29) is 5.91 Å². The van der Waals surface area contributed by atoms with Gasteiger partial charge in [0.25, 0.3) is 5.91 Å². The van der Waals surface area contributed by atoms with Crippen molar-refractivity contribution in [3.8, 4) is 11.1 Å². The monoisotopic (exact) mass is 516 g/mol. The van der Waals surface area contributed by atoms with Crippen LogP contribution >= 0.6 is 11.8 Å². The van der Waals surface area contributed by atoms with Gasteiger partial charge in [-0.2, -0.15) is 11.8 Å². The fourth-order valence-electron chi connectivity index (χ4n) is 4.14. The van der Waals surface area contributed by atoms with E-state index in [4.69, 9.17) is 0 Å². The lowest BCUT2D eigenvalue weighted by Gasteiger charge is -2.19. The number of methoxy groups -OCH3 is 1. The van der Waals surface area contributed by atoms with Crippen molar-refractivity contribution in [3.05, 3.63) is 59.2 Å². The maximum absolute atomic E-state index is 13.1. The first-order chi connectivity index (χ1) is 17.3. The lowest BCUT2D eigenvalue weighted by atomic mass is 9.93. The quantitative estimate of drug-likeness (QED) is 0.443. The van der Waals surface area contributed by atoms with E-state index in [9.17, 15) is 14.7 Å². The Labute approximate surface area is 221 Å². The highest BCUT2D eigenvalue weighted by molar-refractivity contribution is 7.98. The zero-order valence-electron chi connectivity index (χ0n) is 23.0. The average molecular weight is 517 g/mol. The average Bonchev–Trinajstić information content (AvgIpc) is 3.27. The number of benzene rings is 2. The molecule has 200 valence electrons. The van der Waals surface area contributed by atoms with Crippen LogP contribution in [0.25, 0.3) is 11.1 Å². The molecule has 1 amide bonds. The molecule has 2 aromatic carbocycles. The Kier molecular flexibility index (Phi) is 15.1. The lowest BCUT2D eigenvalue weighted by Crippen LogP contribution is -2.41. The molecular formula is C29H44N2O4S. The van der Waals surface area contributed by atoms with E-state index in [1.54, 1.807) is 26.0 Å². The summed E-state index contributed by atoms with van der Waals surface area (Å²) in [6, 6.07) is 13.1. The van der Waals surface area contributed by atoms with Crippen LogP contribution in [0.4, 0.5) is 0 Å². The Balaban J connectivity index is 0.00000120. The minimum absolute atomic E-state index is 0.340.